The smallest absolute Gasteiger partial charge is 0.204 e. The third-order valence-electron chi connectivity index (χ3n) is 3.74. The molecule has 6 heteroatoms. The summed E-state index contributed by atoms with van der Waals surface area (Å²) in [6.45, 7) is 4.22. The van der Waals surface area contributed by atoms with Crippen LogP contribution in [0.2, 0.25) is 0 Å². The lowest BCUT2D eigenvalue weighted by molar-refractivity contribution is 0.0166. The molecular formula is C15H28N4O2. The Morgan fingerprint density at radius 3 is 3.05 bits per heavy atom. The number of hydrogen-bond acceptors (Lipinski definition) is 5. The van der Waals surface area contributed by atoms with E-state index in [0.29, 0.717) is 6.10 Å². The number of aromatic nitrogens is 2. The Morgan fingerprint density at radius 1 is 1.52 bits per heavy atom. The second kappa shape index (κ2) is 8.36. The van der Waals surface area contributed by atoms with E-state index in [4.69, 9.17) is 9.47 Å². The maximum atomic E-state index is 5.64. The van der Waals surface area contributed by atoms with Crippen LogP contribution in [0.15, 0.2) is 6.20 Å². The Balaban J connectivity index is 1.53. The molecule has 1 atom stereocenters. The predicted octanol–water partition coefficient (Wildman–Crippen LogP) is 1.16. The van der Waals surface area contributed by atoms with Gasteiger partial charge in [-0.1, -0.05) is 0 Å². The standard InChI is InChI=1S/C15H28N4O2/c1-18(2)15-17-11-13(19(15)3)10-16-7-5-8-20-12-14-6-4-9-21-14/h11,14,16H,4-10,12H2,1-3H3. The summed E-state index contributed by atoms with van der Waals surface area (Å²) in [7, 11) is 6.06. The highest BCUT2D eigenvalue weighted by Gasteiger charge is 2.14. The summed E-state index contributed by atoms with van der Waals surface area (Å²) in [6.07, 6.45) is 5.60. The molecule has 1 fully saturated rings. The Bertz CT molecular complexity index is 414. The first-order valence-electron chi connectivity index (χ1n) is 7.76. The molecule has 2 rings (SSSR count). The van der Waals surface area contributed by atoms with Gasteiger partial charge in [-0.15, -0.1) is 0 Å². The van der Waals surface area contributed by atoms with E-state index in [1.807, 2.05) is 32.2 Å². The van der Waals surface area contributed by atoms with Gasteiger partial charge < -0.3 is 24.3 Å². The second-order valence-electron chi connectivity index (χ2n) is 5.74. The normalized spacial score (nSPS) is 18.3. The molecule has 1 N–H and O–H groups in total. The molecule has 0 saturated carbocycles. The number of nitrogens with one attached hydrogen (secondary N) is 1. The fourth-order valence-electron chi connectivity index (χ4n) is 2.52. The number of imidazole rings is 1. The third kappa shape index (κ3) is 4.98. The van der Waals surface area contributed by atoms with Crippen LogP contribution in [0.25, 0.3) is 0 Å². The molecule has 120 valence electrons. The number of hydrogen-bond donors (Lipinski definition) is 1. The highest BCUT2D eigenvalue weighted by molar-refractivity contribution is 5.30. The van der Waals surface area contributed by atoms with Crippen LogP contribution in [0.4, 0.5) is 5.95 Å². The van der Waals surface area contributed by atoms with E-state index < -0.39 is 0 Å². The van der Waals surface area contributed by atoms with E-state index in [0.717, 1.165) is 51.7 Å². The van der Waals surface area contributed by atoms with Gasteiger partial charge in [0.05, 0.1) is 24.6 Å². The zero-order chi connectivity index (χ0) is 15.1. The Labute approximate surface area is 127 Å². The van der Waals surface area contributed by atoms with Gasteiger partial charge in [0, 0.05) is 40.9 Å². The van der Waals surface area contributed by atoms with Crippen molar-refractivity contribution in [1.82, 2.24) is 14.9 Å². The number of nitrogens with zero attached hydrogens (tertiary/aromatic N) is 3. The van der Waals surface area contributed by atoms with Crippen molar-refractivity contribution in [2.24, 2.45) is 7.05 Å². The molecule has 0 aliphatic carbocycles. The lowest BCUT2D eigenvalue weighted by Gasteiger charge is -2.13. The summed E-state index contributed by atoms with van der Waals surface area (Å²) in [5.41, 5.74) is 1.19. The van der Waals surface area contributed by atoms with Gasteiger partial charge in [-0.3, -0.25) is 0 Å². The van der Waals surface area contributed by atoms with Crippen molar-refractivity contribution < 1.29 is 9.47 Å². The Hall–Kier alpha value is -1.11. The van der Waals surface area contributed by atoms with Crippen LogP contribution in [0.3, 0.4) is 0 Å². The van der Waals surface area contributed by atoms with Crippen LogP contribution < -0.4 is 10.2 Å². The SMILES string of the molecule is CN(C)c1ncc(CNCCCOCC2CCCO2)n1C. The van der Waals surface area contributed by atoms with Gasteiger partial charge >= 0.3 is 0 Å². The summed E-state index contributed by atoms with van der Waals surface area (Å²) in [6, 6.07) is 0. The lowest BCUT2D eigenvalue weighted by atomic mass is 10.2. The third-order valence-corrected chi connectivity index (χ3v) is 3.74. The molecule has 1 aromatic rings. The average Bonchev–Trinajstić information content (AvgIpc) is 3.08. The van der Waals surface area contributed by atoms with E-state index in [-0.39, 0.29) is 0 Å². The van der Waals surface area contributed by atoms with Crippen molar-refractivity contribution in [3.05, 3.63) is 11.9 Å². The molecule has 2 heterocycles. The molecule has 0 aromatic carbocycles. The van der Waals surface area contributed by atoms with Gasteiger partial charge in [-0.05, 0) is 25.8 Å². The van der Waals surface area contributed by atoms with Gasteiger partial charge in [-0.2, -0.15) is 0 Å². The largest absolute Gasteiger partial charge is 0.379 e. The molecule has 0 spiro atoms. The fraction of sp³-hybridized carbons (Fsp3) is 0.800. The van der Waals surface area contributed by atoms with E-state index in [9.17, 15) is 0 Å². The van der Waals surface area contributed by atoms with E-state index in [1.54, 1.807) is 0 Å². The molecular weight excluding hydrogens is 268 g/mol. The van der Waals surface area contributed by atoms with E-state index in [2.05, 4.69) is 14.9 Å². The maximum absolute atomic E-state index is 5.64. The number of ether oxygens (including phenoxy) is 2. The summed E-state index contributed by atoms with van der Waals surface area (Å²) in [5.74, 6) is 0.978. The minimum Gasteiger partial charge on any atom is -0.379 e. The molecule has 1 aromatic heterocycles. The van der Waals surface area contributed by atoms with Crippen LogP contribution in [0, 0.1) is 0 Å². The van der Waals surface area contributed by atoms with E-state index >= 15 is 0 Å². The van der Waals surface area contributed by atoms with Crippen LogP contribution in [0.5, 0.6) is 0 Å². The summed E-state index contributed by atoms with van der Waals surface area (Å²) in [5, 5.41) is 3.43. The first kappa shape index (κ1) is 16.3. The van der Waals surface area contributed by atoms with Crippen molar-refractivity contribution in [3.8, 4) is 0 Å². The number of anilines is 1. The minimum atomic E-state index is 0.330. The molecule has 0 bridgehead atoms. The first-order valence-corrected chi connectivity index (χ1v) is 7.76. The van der Waals surface area contributed by atoms with Gasteiger partial charge in [-0.25, -0.2) is 4.98 Å². The van der Waals surface area contributed by atoms with Crippen molar-refractivity contribution >= 4 is 5.95 Å². The van der Waals surface area contributed by atoms with Gasteiger partial charge in [0.25, 0.3) is 0 Å². The zero-order valence-corrected chi connectivity index (χ0v) is 13.5. The summed E-state index contributed by atoms with van der Waals surface area (Å²) < 4.78 is 13.3. The van der Waals surface area contributed by atoms with Gasteiger partial charge in [0.15, 0.2) is 0 Å². The van der Waals surface area contributed by atoms with Crippen LogP contribution >= 0.6 is 0 Å². The zero-order valence-electron chi connectivity index (χ0n) is 13.5. The van der Waals surface area contributed by atoms with E-state index in [1.165, 1.54) is 12.1 Å². The minimum absolute atomic E-state index is 0.330. The average molecular weight is 296 g/mol. The Kier molecular flexibility index (Phi) is 6.48. The lowest BCUT2D eigenvalue weighted by Crippen LogP contribution is -2.20. The molecule has 1 saturated heterocycles. The molecule has 0 amide bonds. The summed E-state index contributed by atoms with van der Waals surface area (Å²) in [4.78, 5) is 6.41. The molecule has 1 aliphatic heterocycles. The van der Waals surface area contributed by atoms with Gasteiger partial charge in [0.2, 0.25) is 5.95 Å². The van der Waals surface area contributed by atoms with Crippen molar-refractivity contribution in [2.45, 2.75) is 31.9 Å². The monoisotopic (exact) mass is 296 g/mol. The molecule has 0 radical (unpaired) electrons. The highest BCUT2D eigenvalue weighted by atomic mass is 16.5. The topological polar surface area (TPSA) is 51.6 Å². The van der Waals surface area contributed by atoms with Crippen molar-refractivity contribution in [1.29, 1.82) is 0 Å². The van der Waals surface area contributed by atoms with Gasteiger partial charge in [0.1, 0.15) is 0 Å². The summed E-state index contributed by atoms with van der Waals surface area (Å²) >= 11 is 0. The van der Waals surface area contributed by atoms with Crippen molar-refractivity contribution in [2.75, 3.05) is 45.4 Å². The maximum Gasteiger partial charge on any atom is 0.204 e. The molecule has 1 aliphatic rings. The molecule has 21 heavy (non-hydrogen) atoms. The van der Waals surface area contributed by atoms with Crippen LogP contribution in [-0.2, 0) is 23.1 Å². The Morgan fingerprint density at radius 2 is 2.38 bits per heavy atom. The molecule has 6 nitrogen and oxygen atoms in total. The molecule has 1 unspecified atom stereocenters. The number of rotatable bonds is 9. The fourth-order valence-corrected chi connectivity index (χ4v) is 2.52. The second-order valence-corrected chi connectivity index (χ2v) is 5.74. The van der Waals surface area contributed by atoms with Crippen molar-refractivity contribution in [3.63, 3.8) is 0 Å². The first-order chi connectivity index (χ1) is 10.2. The predicted molar refractivity (Wildman–Crippen MR) is 83.7 cm³/mol. The van der Waals surface area contributed by atoms with Crippen LogP contribution in [0.1, 0.15) is 25.0 Å². The quantitative estimate of drug-likeness (QED) is 0.693. The highest BCUT2D eigenvalue weighted by Crippen LogP contribution is 2.12. The van der Waals surface area contributed by atoms with Crippen LogP contribution in [-0.4, -0.2) is 56.1 Å².